The minimum atomic E-state index is -0.964. The zero-order chi connectivity index (χ0) is 34.5. The molecule has 13 heteroatoms. The first-order valence-corrected chi connectivity index (χ1v) is 17.6. The van der Waals surface area contributed by atoms with Crippen molar-refractivity contribution in [3.05, 3.63) is 65.6 Å². The highest BCUT2D eigenvalue weighted by molar-refractivity contribution is 6.23. The predicted octanol–water partition coefficient (Wildman–Crippen LogP) is 3.80. The van der Waals surface area contributed by atoms with Gasteiger partial charge >= 0.3 is 0 Å². The minimum absolute atomic E-state index is 0.0973. The number of imide groups is 2. The fraction of sp³-hybridized carbons (Fsp3) is 0.432. The summed E-state index contributed by atoms with van der Waals surface area (Å²) in [5.41, 5.74) is 7.13. The van der Waals surface area contributed by atoms with E-state index in [0.29, 0.717) is 12.0 Å². The van der Waals surface area contributed by atoms with Crippen molar-refractivity contribution < 1.29 is 19.2 Å². The van der Waals surface area contributed by atoms with Crippen LogP contribution in [0.25, 0.3) is 22.3 Å². The van der Waals surface area contributed by atoms with Crippen LogP contribution in [0.4, 0.5) is 11.4 Å². The first-order chi connectivity index (χ1) is 24.2. The third kappa shape index (κ3) is 5.99. The number of piperazine rings is 1. The van der Waals surface area contributed by atoms with E-state index in [4.69, 9.17) is 15.1 Å². The average Bonchev–Trinajstić information content (AvgIpc) is 3.59. The first kappa shape index (κ1) is 32.1. The van der Waals surface area contributed by atoms with Crippen LogP contribution in [-0.2, 0) is 9.59 Å². The number of benzene rings is 2. The number of aryl methyl sites for hydroxylation is 1. The number of amides is 4. The molecule has 1 aliphatic carbocycles. The summed E-state index contributed by atoms with van der Waals surface area (Å²) in [6.07, 6.45) is 8.42. The number of likely N-dealkylation sites (N-methyl/N-ethyl adjacent to an activating group) is 1. The Morgan fingerprint density at radius 3 is 2.52 bits per heavy atom. The normalized spacial score (nSPS) is 22.6. The molecule has 8 rings (SSSR count). The molecule has 5 heterocycles. The third-order valence-corrected chi connectivity index (χ3v) is 10.7. The van der Waals surface area contributed by atoms with Crippen LogP contribution in [0.3, 0.4) is 0 Å². The molecule has 2 aromatic heterocycles. The topological polar surface area (TPSA) is 146 Å². The molecular formula is C37H41N9O4. The lowest BCUT2D eigenvalue weighted by Crippen LogP contribution is -2.54. The fourth-order valence-electron chi connectivity index (χ4n) is 7.67. The molecule has 1 unspecified atom stereocenters. The summed E-state index contributed by atoms with van der Waals surface area (Å²) in [5.74, 6) is -1.37. The summed E-state index contributed by atoms with van der Waals surface area (Å²) in [6.45, 7) is 6.93. The molecule has 3 fully saturated rings. The second-order valence-electron chi connectivity index (χ2n) is 14.1. The van der Waals surface area contributed by atoms with Crippen LogP contribution in [0, 0.1) is 12.8 Å². The van der Waals surface area contributed by atoms with Crippen LogP contribution in [0.15, 0.2) is 48.8 Å². The van der Waals surface area contributed by atoms with Gasteiger partial charge < -0.3 is 15.1 Å². The smallest absolute Gasteiger partial charge is 0.262 e. The molecule has 2 aromatic carbocycles. The van der Waals surface area contributed by atoms with E-state index in [2.05, 4.69) is 56.6 Å². The Morgan fingerprint density at radius 2 is 1.72 bits per heavy atom. The maximum Gasteiger partial charge on any atom is 0.262 e. The van der Waals surface area contributed by atoms with E-state index in [1.165, 1.54) is 5.69 Å². The van der Waals surface area contributed by atoms with Crippen LogP contribution in [0.2, 0.25) is 0 Å². The van der Waals surface area contributed by atoms with Crippen molar-refractivity contribution in [1.82, 2.24) is 34.9 Å². The van der Waals surface area contributed by atoms with Crippen molar-refractivity contribution in [3.63, 3.8) is 0 Å². The molecule has 3 aliphatic heterocycles. The molecule has 2 N–H and O–H groups in total. The van der Waals surface area contributed by atoms with E-state index in [9.17, 15) is 19.2 Å². The van der Waals surface area contributed by atoms with Gasteiger partial charge in [-0.25, -0.2) is 4.98 Å². The highest BCUT2D eigenvalue weighted by Gasteiger charge is 2.44. The molecule has 4 aliphatic rings. The van der Waals surface area contributed by atoms with E-state index in [1.807, 2.05) is 13.1 Å². The summed E-state index contributed by atoms with van der Waals surface area (Å²) in [7, 11) is 2.16. The van der Waals surface area contributed by atoms with E-state index in [-0.39, 0.29) is 29.9 Å². The summed E-state index contributed by atoms with van der Waals surface area (Å²) >= 11 is 0. The molecule has 13 nitrogen and oxygen atoms in total. The highest BCUT2D eigenvalue weighted by atomic mass is 16.2. The molecule has 2 saturated heterocycles. The number of hydrogen-bond acceptors (Lipinski definition) is 10. The number of carbonyl (C=O) groups is 4. The van der Waals surface area contributed by atoms with Gasteiger partial charge in [0.15, 0.2) is 0 Å². The maximum absolute atomic E-state index is 13.1. The van der Waals surface area contributed by atoms with Gasteiger partial charge in [0, 0.05) is 62.3 Å². The predicted molar refractivity (Wildman–Crippen MR) is 188 cm³/mol. The molecule has 50 heavy (non-hydrogen) atoms. The zero-order valence-electron chi connectivity index (χ0n) is 28.4. The molecule has 0 bridgehead atoms. The number of nitrogens with zero attached hydrogens (tertiary/aromatic N) is 7. The lowest BCUT2D eigenvalue weighted by Gasteiger charge is -2.35. The Morgan fingerprint density at radius 1 is 0.920 bits per heavy atom. The van der Waals surface area contributed by atoms with Crippen molar-refractivity contribution in [2.75, 3.05) is 50.0 Å². The number of piperidine rings is 1. The Labute approximate surface area is 290 Å². The standard InChI is InChI=1S/C37H41N9O4/c1-22-29(32-20-39-31-19-25(6-8-30(31)40-32)44-14-12-43(2)13-15-44)21-45(42-22)26-16-23(17-26)4-3-11-38-24-5-7-27-28(18-24)37(50)46(36(27)49)33-9-10-34(47)41-35(33)48/h5-8,18-21,23,26,33,38H,3-4,9-17H2,1-2H3,(H,41,47,48)/t23-,26+,33?. The SMILES string of the molecule is Cc1nn([C@H]2C[C@@H](CCCNc3ccc4c(c3)C(=O)N(C3CCC(=O)NC3=O)C4=O)C2)cc1-c1cnc2cc(N3CCN(C)CC3)ccc2n1. The Bertz CT molecular complexity index is 2010. The zero-order valence-corrected chi connectivity index (χ0v) is 28.4. The lowest BCUT2D eigenvalue weighted by molar-refractivity contribution is -0.136. The van der Waals surface area contributed by atoms with Gasteiger partial charge in [0.2, 0.25) is 11.8 Å². The van der Waals surface area contributed by atoms with Crippen LogP contribution in [0.5, 0.6) is 0 Å². The van der Waals surface area contributed by atoms with Gasteiger partial charge in [0.05, 0.1) is 45.8 Å². The van der Waals surface area contributed by atoms with E-state index in [1.54, 1.807) is 18.2 Å². The van der Waals surface area contributed by atoms with Gasteiger partial charge in [-0.1, -0.05) is 0 Å². The summed E-state index contributed by atoms with van der Waals surface area (Å²) < 4.78 is 2.10. The van der Waals surface area contributed by atoms with Crippen LogP contribution < -0.4 is 15.5 Å². The van der Waals surface area contributed by atoms with Gasteiger partial charge in [-0.05, 0) is 88.4 Å². The van der Waals surface area contributed by atoms with Crippen molar-refractivity contribution in [1.29, 1.82) is 0 Å². The van der Waals surface area contributed by atoms with Crippen molar-refractivity contribution in [2.24, 2.45) is 5.92 Å². The molecular weight excluding hydrogens is 634 g/mol. The van der Waals surface area contributed by atoms with Gasteiger partial charge in [0.1, 0.15) is 6.04 Å². The number of carbonyl (C=O) groups excluding carboxylic acids is 4. The number of aromatic nitrogens is 4. The van der Waals surface area contributed by atoms with Crippen molar-refractivity contribution >= 4 is 46.0 Å². The number of hydrogen-bond donors (Lipinski definition) is 2. The van der Waals surface area contributed by atoms with Gasteiger partial charge in [-0.2, -0.15) is 5.10 Å². The lowest BCUT2D eigenvalue weighted by atomic mass is 9.77. The van der Waals surface area contributed by atoms with Crippen molar-refractivity contribution in [3.8, 4) is 11.3 Å². The number of rotatable bonds is 9. The fourth-order valence-corrected chi connectivity index (χ4v) is 7.67. The third-order valence-electron chi connectivity index (χ3n) is 10.7. The Balaban J connectivity index is 0.823. The summed E-state index contributed by atoms with van der Waals surface area (Å²) in [4.78, 5) is 65.4. The van der Waals surface area contributed by atoms with Gasteiger partial charge in [0.25, 0.3) is 11.8 Å². The van der Waals surface area contributed by atoms with Crippen molar-refractivity contribution in [2.45, 2.75) is 57.5 Å². The van der Waals surface area contributed by atoms with E-state index >= 15 is 0 Å². The second kappa shape index (κ2) is 12.9. The van der Waals surface area contributed by atoms with Gasteiger partial charge in [-0.3, -0.25) is 39.1 Å². The Hall–Kier alpha value is -5.17. The summed E-state index contributed by atoms with van der Waals surface area (Å²) in [6, 6.07) is 10.9. The molecule has 0 spiro atoms. The second-order valence-corrected chi connectivity index (χ2v) is 14.1. The van der Waals surface area contributed by atoms with E-state index in [0.717, 1.165) is 97.0 Å². The number of nitrogens with one attached hydrogen (secondary N) is 2. The number of anilines is 2. The largest absolute Gasteiger partial charge is 0.385 e. The molecule has 258 valence electrons. The summed E-state index contributed by atoms with van der Waals surface area (Å²) in [5, 5.41) is 10.5. The van der Waals surface area contributed by atoms with Crippen LogP contribution in [0.1, 0.15) is 71.0 Å². The molecule has 0 radical (unpaired) electrons. The monoisotopic (exact) mass is 675 g/mol. The Kier molecular flexibility index (Phi) is 8.30. The van der Waals surface area contributed by atoms with Crippen LogP contribution >= 0.6 is 0 Å². The van der Waals surface area contributed by atoms with Gasteiger partial charge in [-0.15, -0.1) is 0 Å². The average molecular weight is 676 g/mol. The molecule has 4 aromatic rings. The molecule has 4 amide bonds. The molecule has 1 saturated carbocycles. The quantitative estimate of drug-likeness (QED) is 0.199. The first-order valence-electron chi connectivity index (χ1n) is 17.6. The maximum atomic E-state index is 13.1. The van der Waals surface area contributed by atoms with Crippen LogP contribution in [-0.4, -0.2) is 99.0 Å². The number of fused-ring (bicyclic) bond motifs is 2. The molecule has 1 atom stereocenters. The highest BCUT2D eigenvalue weighted by Crippen LogP contribution is 2.41. The van der Waals surface area contributed by atoms with E-state index < -0.39 is 23.8 Å². The minimum Gasteiger partial charge on any atom is -0.385 e.